The number of hydrogen-bond acceptors (Lipinski definition) is 3. The number of halogens is 1. The maximum Gasteiger partial charge on any atom is 0.261 e. The number of ether oxygens (including phenoxy) is 1. The summed E-state index contributed by atoms with van der Waals surface area (Å²) >= 11 is 3.61. The van der Waals surface area contributed by atoms with E-state index in [2.05, 4.69) is 21.2 Å². The van der Waals surface area contributed by atoms with E-state index < -0.39 is 6.04 Å². The van der Waals surface area contributed by atoms with Gasteiger partial charge in [0.05, 0.1) is 4.47 Å². The first kappa shape index (κ1) is 24.8. The Balaban J connectivity index is 1.82. The van der Waals surface area contributed by atoms with Gasteiger partial charge in [-0.2, -0.15) is 0 Å². The van der Waals surface area contributed by atoms with Crippen molar-refractivity contribution in [2.75, 3.05) is 13.2 Å². The Morgan fingerprint density at radius 3 is 2.58 bits per heavy atom. The van der Waals surface area contributed by atoms with Gasteiger partial charge >= 0.3 is 0 Å². The highest BCUT2D eigenvalue weighted by molar-refractivity contribution is 9.10. The molecule has 0 heterocycles. The van der Waals surface area contributed by atoms with Crippen molar-refractivity contribution >= 4 is 38.5 Å². The highest BCUT2D eigenvalue weighted by Gasteiger charge is 2.29. The van der Waals surface area contributed by atoms with Gasteiger partial charge in [-0.25, -0.2) is 0 Å². The van der Waals surface area contributed by atoms with E-state index in [1.54, 1.807) is 4.90 Å². The van der Waals surface area contributed by atoms with Crippen LogP contribution >= 0.6 is 15.9 Å². The molecule has 0 aromatic heterocycles. The minimum atomic E-state index is -0.562. The summed E-state index contributed by atoms with van der Waals surface area (Å²) in [7, 11) is 0. The maximum atomic E-state index is 13.4. The topological polar surface area (TPSA) is 58.6 Å². The first-order valence-corrected chi connectivity index (χ1v) is 12.2. The van der Waals surface area contributed by atoms with Gasteiger partial charge in [0.1, 0.15) is 11.8 Å². The van der Waals surface area contributed by atoms with Crippen LogP contribution in [-0.4, -0.2) is 35.9 Å². The summed E-state index contributed by atoms with van der Waals surface area (Å²) in [6.07, 6.45) is 1.36. The van der Waals surface area contributed by atoms with Crippen molar-refractivity contribution in [1.29, 1.82) is 0 Å². The normalized spacial score (nSPS) is 11.8. The minimum Gasteiger partial charge on any atom is -0.483 e. The molecule has 5 nitrogen and oxygen atoms in total. The maximum absolute atomic E-state index is 13.4. The van der Waals surface area contributed by atoms with Crippen LogP contribution in [0.1, 0.15) is 37.8 Å². The molecule has 2 amide bonds. The molecule has 1 N–H and O–H groups in total. The number of carbonyl (C=O) groups is 2. The minimum absolute atomic E-state index is 0.132. The molecular formula is C27H31BrN2O3. The Labute approximate surface area is 204 Å². The predicted octanol–water partition coefficient (Wildman–Crippen LogP) is 5.62. The fraction of sp³-hybridized carbons (Fsp3) is 0.333. The fourth-order valence-electron chi connectivity index (χ4n) is 3.84. The van der Waals surface area contributed by atoms with Gasteiger partial charge in [0.15, 0.2) is 6.61 Å². The number of aryl methyl sites for hydroxylation is 1. The van der Waals surface area contributed by atoms with Gasteiger partial charge < -0.3 is 15.0 Å². The third kappa shape index (κ3) is 6.35. The fourth-order valence-corrected chi connectivity index (χ4v) is 4.45. The van der Waals surface area contributed by atoms with Crippen molar-refractivity contribution in [3.05, 3.63) is 76.3 Å². The van der Waals surface area contributed by atoms with Crippen molar-refractivity contribution in [2.45, 2.75) is 46.2 Å². The summed E-state index contributed by atoms with van der Waals surface area (Å²) in [5.41, 5.74) is 2.09. The van der Waals surface area contributed by atoms with E-state index in [-0.39, 0.29) is 18.4 Å². The Morgan fingerprint density at radius 1 is 1.06 bits per heavy atom. The van der Waals surface area contributed by atoms with Gasteiger partial charge in [-0.3, -0.25) is 9.59 Å². The molecule has 0 aliphatic rings. The molecule has 3 rings (SSSR count). The molecule has 174 valence electrons. The summed E-state index contributed by atoms with van der Waals surface area (Å²) in [4.78, 5) is 27.9. The van der Waals surface area contributed by atoms with E-state index in [1.807, 2.05) is 81.4 Å². The van der Waals surface area contributed by atoms with E-state index >= 15 is 0 Å². The molecular weight excluding hydrogens is 480 g/mol. The SMILES string of the molecule is CCCNC(=O)C(CC)N(Cc1cccc(C)c1)C(=O)COc1ccc2ccccc2c1Br. The lowest BCUT2D eigenvalue weighted by Crippen LogP contribution is -2.50. The van der Waals surface area contributed by atoms with Crippen LogP contribution in [0.25, 0.3) is 10.8 Å². The molecule has 0 bridgehead atoms. The van der Waals surface area contributed by atoms with Gasteiger partial charge in [0.2, 0.25) is 5.91 Å². The molecule has 0 saturated heterocycles. The van der Waals surface area contributed by atoms with Gasteiger partial charge in [-0.05, 0) is 58.1 Å². The number of nitrogens with one attached hydrogen (secondary N) is 1. The van der Waals surface area contributed by atoms with Crippen LogP contribution in [0.3, 0.4) is 0 Å². The molecule has 3 aromatic rings. The smallest absolute Gasteiger partial charge is 0.261 e. The molecule has 0 aliphatic heterocycles. The molecule has 33 heavy (non-hydrogen) atoms. The number of benzene rings is 3. The van der Waals surface area contributed by atoms with Crippen LogP contribution < -0.4 is 10.1 Å². The monoisotopic (exact) mass is 510 g/mol. The van der Waals surface area contributed by atoms with E-state index in [0.717, 1.165) is 32.8 Å². The van der Waals surface area contributed by atoms with Gasteiger partial charge in [-0.1, -0.05) is 74.0 Å². The summed E-state index contributed by atoms with van der Waals surface area (Å²) in [6, 6.07) is 19.2. The lowest BCUT2D eigenvalue weighted by molar-refractivity contribution is -0.143. The van der Waals surface area contributed by atoms with Crippen molar-refractivity contribution < 1.29 is 14.3 Å². The lowest BCUT2D eigenvalue weighted by atomic mass is 10.1. The Morgan fingerprint density at radius 2 is 1.85 bits per heavy atom. The molecule has 0 radical (unpaired) electrons. The second kappa shape index (κ2) is 11.8. The Kier molecular flexibility index (Phi) is 8.89. The molecule has 6 heteroatoms. The number of carbonyl (C=O) groups excluding carboxylic acids is 2. The zero-order chi connectivity index (χ0) is 23.8. The van der Waals surface area contributed by atoms with Gasteiger partial charge in [-0.15, -0.1) is 0 Å². The van der Waals surface area contributed by atoms with E-state index in [9.17, 15) is 9.59 Å². The van der Waals surface area contributed by atoms with Crippen LogP contribution in [-0.2, 0) is 16.1 Å². The molecule has 0 aliphatic carbocycles. The van der Waals surface area contributed by atoms with Crippen LogP contribution in [0.5, 0.6) is 5.75 Å². The summed E-state index contributed by atoms with van der Waals surface area (Å²) in [5.74, 6) is 0.239. The van der Waals surface area contributed by atoms with E-state index in [4.69, 9.17) is 4.74 Å². The summed E-state index contributed by atoms with van der Waals surface area (Å²) < 4.78 is 6.75. The van der Waals surface area contributed by atoms with Crippen molar-refractivity contribution in [3.8, 4) is 5.75 Å². The molecule has 0 spiro atoms. The van der Waals surface area contributed by atoms with Crippen LogP contribution in [0, 0.1) is 6.92 Å². The standard InChI is InChI=1S/C27H31BrN2O3/c1-4-15-29-27(32)23(5-2)30(17-20-10-8-9-19(3)16-20)25(31)18-33-24-14-13-21-11-6-7-12-22(21)26(24)28/h6-14,16,23H,4-5,15,17-18H2,1-3H3,(H,29,32). The van der Waals surface area contributed by atoms with Crippen LogP contribution in [0.4, 0.5) is 0 Å². The molecule has 1 unspecified atom stereocenters. The number of hydrogen-bond donors (Lipinski definition) is 1. The van der Waals surface area contributed by atoms with E-state index in [0.29, 0.717) is 25.3 Å². The number of fused-ring (bicyclic) bond motifs is 1. The summed E-state index contributed by atoms with van der Waals surface area (Å²) in [6.45, 7) is 6.73. The molecule has 0 saturated carbocycles. The van der Waals surface area contributed by atoms with E-state index in [1.165, 1.54) is 0 Å². The quantitative estimate of drug-likeness (QED) is 0.384. The van der Waals surface area contributed by atoms with Gasteiger partial charge in [0.25, 0.3) is 5.91 Å². The first-order chi connectivity index (χ1) is 15.9. The third-order valence-electron chi connectivity index (χ3n) is 5.55. The predicted molar refractivity (Wildman–Crippen MR) is 136 cm³/mol. The molecule has 1 atom stereocenters. The first-order valence-electron chi connectivity index (χ1n) is 11.4. The highest BCUT2D eigenvalue weighted by Crippen LogP contribution is 2.33. The Hall–Kier alpha value is -2.86. The molecule has 3 aromatic carbocycles. The second-order valence-electron chi connectivity index (χ2n) is 8.11. The van der Waals surface area contributed by atoms with Crippen LogP contribution in [0.2, 0.25) is 0 Å². The number of rotatable bonds is 10. The van der Waals surface area contributed by atoms with Gasteiger partial charge in [0, 0.05) is 13.1 Å². The molecule has 0 fully saturated rings. The number of amides is 2. The lowest BCUT2D eigenvalue weighted by Gasteiger charge is -2.30. The van der Waals surface area contributed by atoms with Crippen molar-refractivity contribution in [1.82, 2.24) is 10.2 Å². The third-order valence-corrected chi connectivity index (χ3v) is 6.37. The average Bonchev–Trinajstić information content (AvgIpc) is 2.82. The highest BCUT2D eigenvalue weighted by atomic mass is 79.9. The van der Waals surface area contributed by atoms with Crippen molar-refractivity contribution in [2.24, 2.45) is 0 Å². The average molecular weight is 511 g/mol. The zero-order valence-corrected chi connectivity index (χ0v) is 21.0. The zero-order valence-electron chi connectivity index (χ0n) is 19.4. The van der Waals surface area contributed by atoms with Crippen molar-refractivity contribution in [3.63, 3.8) is 0 Å². The Bertz CT molecular complexity index is 1120. The largest absolute Gasteiger partial charge is 0.483 e. The second-order valence-corrected chi connectivity index (χ2v) is 8.91. The summed E-state index contributed by atoms with van der Waals surface area (Å²) in [5, 5.41) is 5.04. The van der Waals surface area contributed by atoms with Crippen LogP contribution in [0.15, 0.2) is 65.1 Å². The number of nitrogens with zero attached hydrogens (tertiary/aromatic N) is 1.